The van der Waals surface area contributed by atoms with E-state index in [9.17, 15) is 8.42 Å². The van der Waals surface area contributed by atoms with Gasteiger partial charge in [-0.1, -0.05) is 26.7 Å². The molecule has 1 aromatic rings. The Kier molecular flexibility index (Phi) is 5.23. The number of hydrogen-bond acceptors (Lipinski definition) is 4. The van der Waals surface area contributed by atoms with Crippen LogP contribution in [0.4, 0.5) is 0 Å². The molecule has 1 aliphatic rings. The van der Waals surface area contributed by atoms with Gasteiger partial charge in [0.2, 0.25) is 10.0 Å². The Balaban J connectivity index is 1.98. The first-order valence-corrected chi connectivity index (χ1v) is 9.51. The van der Waals surface area contributed by atoms with Crippen LogP contribution in [0.15, 0.2) is 11.0 Å². The minimum atomic E-state index is -3.34. The Morgan fingerprint density at radius 2 is 2.10 bits per heavy atom. The fourth-order valence-electron chi connectivity index (χ4n) is 2.06. The van der Waals surface area contributed by atoms with Crippen molar-refractivity contribution in [2.45, 2.75) is 57.5 Å². The van der Waals surface area contributed by atoms with E-state index in [0.717, 1.165) is 28.6 Å². The van der Waals surface area contributed by atoms with Crippen molar-refractivity contribution in [2.75, 3.05) is 6.54 Å². The van der Waals surface area contributed by atoms with Crippen LogP contribution in [0.3, 0.4) is 0 Å². The molecule has 1 fully saturated rings. The second-order valence-electron chi connectivity index (χ2n) is 5.80. The van der Waals surface area contributed by atoms with Crippen LogP contribution in [0.5, 0.6) is 0 Å². The molecule has 0 aliphatic heterocycles. The maximum atomic E-state index is 12.3. The molecule has 0 bridgehead atoms. The summed E-state index contributed by atoms with van der Waals surface area (Å²) in [5.41, 5.74) is 0. The van der Waals surface area contributed by atoms with Gasteiger partial charge in [0, 0.05) is 28.9 Å². The Morgan fingerprint density at radius 1 is 1.40 bits per heavy atom. The van der Waals surface area contributed by atoms with Gasteiger partial charge in [-0.25, -0.2) is 13.1 Å². The highest BCUT2D eigenvalue weighted by atomic mass is 32.2. The van der Waals surface area contributed by atoms with Crippen molar-refractivity contribution < 1.29 is 8.42 Å². The summed E-state index contributed by atoms with van der Waals surface area (Å²) in [7, 11) is -3.34. The molecule has 1 aliphatic carbocycles. The average Bonchev–Trinajstić information content (AvgIpc) is 3.08. The molecule has 1 aromatic heterocycles. The third-order valence-electron chi connectivity index (χ3n) is 3.44. The molecular weight excluding hydrogens is 292 g/mol. The standard InChI is InChI=1S/C14H24N2O2S2/c1-10(2)15-9-13-8-14(11(3)19-13)20(17,18)16-7-6-12-4-5-12/h8,10,12,15-16H,4-7,9H2,1-3H3. The molecule has 0 unspecified atom stereocenters. The van der Waals surface area contributed by atoms with Gasteiger partial charge in [-0.2, -0.15) is 0 Å². The zero-order chi connectivity index (χ0) is 14.8. The van der Waals surface area contributed by atoms with Gasteiger partial charge in [-0.05, 0) is 25.3 Å². The zero-order valence-corrected chi connectivity index (χ0v) is 14.0. The molecule has 2 rings (SSSR count). The van der Waals surface area contributed by atoms with E-state index in [1.165, 1.54) is 12.8 Å². The van der Waals surface area contributed by atoms with Crippen LogP contribution in [0.1, 0.15) is 42.9 Å². The molecule has 4 nitrogen and oxygen atoms in total. The molecule has 1 saturated carbocycles. The molecular formula is C14H24N2O2S2. The number of thiophene rings is 1. The largest absolute Gasteiger partial charge is 0.310 e. The maximum Gasteiger partial charge on any atom is 0.241 e. The molecule has 0 radical (unpaired) electrons. The number of aryl methyl sites for hydroxylation is 1. The number of nitrogens with one attached hydrogen (secondary N) is 2. The molecule has 114 valence electrons. The second-order valence-corrected chi connectivity index (χ2v) is 8.87. The Bertz CT molecular complexity index is 546. The summed E-state index contributed by atoms with van der Waals surface area (Å²) < 4.78 is 27.3. The van der Waals surface area contributed by atoms with Crippen LogP contribution in [-0.4, -0.2) is 21.0 Å². The highest BCUT2D eigenvalue weighted by molar-refractivity contribution is 7.89. The van der Waals surface area contributed by atoms with Gasteiger partial charge in [0.15, 0.2) is 0 Å². The summed E-state index contributed by atoms with van der Waals surface area (Å²) in [6, 6.07) is 2.20. The lowest BCUT2D eigenvalue weighted by atomic mass is 10.3. The zero-order valence-electron chi connectivity index (χ0n) is 12.4. The van der Waals surface area contributed by atoms with Gasteiger partial charge in [0.1, 0.15) is 0 Å². The molecule has 0 atom stereocenters. The Hall–Kier alpha value is -0.430. The predicted octanol–water partition coefficient (Wildman–Crippen LogP) is 2.63. The summed E-state index contributed by atoms with van der Waals surface area (Å²) in [4.78, 5) is 2.38. The number of rotatable bonds is 8. The summed E-state index contributed by atoms with van der Waals surface area (Å²) in [6.45, 7) is 7.32. The normalized spacial score (nSPS) is 16.0. The van der Waals surface area contributed by atoms with Crippen molar-refractivity contribution in [1.82, 2.24) is 10.0 Å². The summed E-state index contributed by atoms with van der Waals surface area (Å²) in [5.74, 6) is 0.743. The van der Waals surface area contributed by atoms with Gasteiger partial charge in [0.05, 0.1) is 4.90 Å². The Morgan fingerprint density at radius 3 is 2.70 bits per heavy atom. The fourth-order valence-corrected chi connectivity index (χ4v) is 4.70. The lowest BCUT2D eigenvalue weighted by molar-refractivity contribution is 0.574. The molecule has 20 heavy (non-hydrogen) atoms. The molecule has 1 heterocycles. The highest BCUT2D eigenvalue weighted by Gasteiger charge is 2.23. The SMILES string of the molecule is Cc1sc(CNC(C)C)cc1S(=O)(=O)NCCC1CC1. The van der Waals surface area contributed by atoms with Crippen molar-refractivity contribution >= 4 is 21.4 Å². The summed E-state index contributed by atoms with van der Waals surface area (Å²) in [6.07, 6.45) is 3.47. The van der Waals surface area contributed by atoms with Crippen LogP contribution >= 0.6 is 11.3 Å². The van der Waals surface area contributed by atoms with Gasteiger partial charge in [0.25, 0.3) is 0 Å². The maximum absolute atomic E-state index is 12.3. The number of hydrogen-bond donors (Lipinski definition) is 2. The first-order chi connectivity index (χ1) is 9.38. The van der Waals surface area contributed by atoms with Crippen LogP contribution < -0.4 is 10.0 Å². The smallest absolute Gasteiger partial charge is 0.241 e. The van der Waals surface area contributed by atoms with E-state index in [0.29, 0.717) is 17.5 Å². The van der Waals surface area contributed by atoms with Gasteiger partial charge >= 0.3 is 0 Å². The van der Waals surface area contributed by atoms with Crippen LogP contribution in [0, 0.1) is 12.8 Å². The van der Waals surface area contributed by atoms with E-state index >= 15 is 0 Å². The first-order valence-electron chi connectivity index (χ1n) is 7.21. The minimum absolute atomic E-state index is 0.397. The van der Waals surface area contributed by atoms with Crippen molar-refractivity contribution in [3.05, 3.63) is 15.8 Å². The summed E-state index contributed by atoms with van der Waals surface area (Å²) >= 11 is 1.55. The van der Waals surface area contributed by atoms with E-state index in [1.807, 2.05) is 6.92 Å². The van der Waals surface area contributed by atoms with Crippen molar-refractivity contribution in [3.8, 4) is 0 Å². The van der Waals surface area contributed by atoms with E-state index in [-0.39, 0.29) is 0 Å². The van der Waals surface area contributed by atoms with Crippen molar-refractivity contribution in [3.63, 3.8) is 0 Å². The van der Waals surface area contributed by atoms with Gasteiger partial charge in [-0.15, -0.1) is 11.3 Å². The summed E-state index contributed by atoms with van der Waals surface area (Å²) in [5, 5.41) is 3.32. The quantitative estimate of drug-likeness (QED) is 0.775. The first kappa shape index (κ1) is 15.9. The molecule has 0 amide bonds. The average molecular weight is 316 g/mol. The third-order valence-corrected chi connectivity index (χ3v) is 6.21. The lowest BCUT2D eigenvalue weighted by Gasteiger charge is -2.06. The van der Waals surface area contributed by atoms with Crippen LogP contribution in [0.25, 0.3) is 0 Å². The molecule has 0 saturated heterocycles. The predicted molar refractivity (Wildman–Crippen MR) is 83.6 cm³/mol. The fraction of sp³-hybridized carbons (Fsp3) is 0.714. The molecule has 0 spiro atoms. The molecule has 0 aromatic carbocycles. The second kappa shape index (κ2) is 6.56. The molecule has 6 heteroatoms. The highest BCUT2D eigenvalue weighted by Crippen LogP contribution is 2.32. The van der Waals surface area contributed by atoms with Crippen LogP contribution in [0.2, 0.25) is 0 Å². The van der Waals surface area contributed by atoms with Gasteiger partial charge < -0.3 is 5.32 Å². The monoisotopic (exact) mass is 316 g/mol. The third kappa shape index (κ3) is 4.55. The van der Waals surface area contributed by atoms with E-state index in [1.54, 1.807) is 17.4 Å². The van der Waals surface area contributed by atoms with Crippen LogP contribution in [-0.2, 0) is 16.6 Å². The topological polar surface area (TPSA) is 58.2 Å². The number of sulfonamides is 1. The van der Waals surface area contributed by atoms with E-state index < -0.39 is 10.0 Å². The van der Waals surface area contributed by atoms with E-state index in [2.05, 4.69) is 23.9 Å². The minimum Gasteiger partial charge on any atom is -0.310 e. The van der Waals surface area contributed by atoms with Gasteiger partial charge in [-0.3, -0.25) is 0 Å². The van der Waals surface area contributed by atoms with Crippen molar-refractivity contribution in [1.29, 1.82) is 0 Å². The Labute approximate surface area is 126 Å². The van der Waals surface area contributed by atoms with E-state index in [4.69, 9.17) is 0 Å². The van der Waals surface area contributed by atoms with Crippen molar-refractivity contribution in [2.24, 2.45) is 5.92 Å². The molecule has 2 N–H and O–H groups in total. The lowest BCUT2D eigenvalue weighted by Crippen LogP contribution is -2.25.